The van der Waals surface area contributed by atoms with Gasteiger partial charge in [0.2, 0.25) is 0 Å². The number of hydrogen-bond donors (Lipinski definition) is 0. The molecule has 0 atom stereocenters. The summed E-state index contributed by atoms with van der Waals surface area (Å²) in [6.07, 6.45) is 3.14. The molecule has 0 amide bonds. The van der Waals surface area contributed by atoms with Crippen molar-refractivity contribution in [2.45, 2.75) is 6.92 Å². The van der Waals surface area contributed by atoms with E-state index in [1.165, 1.54) is 14.2 Å². The van der Waals surface area contributed by atoms with Gasteiger partial charge in [0.25, 0.3) is 0 Å². The zero-order valence-electron chi connectivity index (χ0n) is 14.1. The molecule has 1 aromatic carbocycles. The molecule has 0 radical (unpaired) electrons. The second kappa shape index (κ2) is 9.25. The molecule has 0 spiro atoms. The molecule has 0 fully saturated rings. The number of aromatic nitrogens is 2. The van der Waals surface area contributed by atoms with Gasteiger partial charge in [-0.2, -0.15) is 0 Å². The van der Waals surface area contributed by atoms with Gasteiger partial charge in [0.15, 0.2) is 5.71 Å². The van der Waals surface area contributed by atoms with Crippen LogP contribution in [0.15, 0.2) is 34.4 Å². The average Bonchev–Trinajstić information content (AvgIpc) is 2.79. The maximum absolute atomic E-state index is 12.0. The first-order valence-electron chi connectivity index (χ1n) is 6.94. The van der Waals surface area contributed by atoms with Gasteiger partial charge in [0, 0.05) is 52.5 Å². The molecule has 1 heterocycles. The number of methoxy groups -OCH3 is 1. The Kier molecular flexibility index (Phi) is 7.99. The smallest absolute Gasteiger partial charge is 0.360 e. The molecule has 2 aromatic rings. The Bertz CT molecular complexity index is 821. The normalized spacial score (nSPS) is 11.9. The van der Waals surface area contributed by atoms with Crippen LogP contribution in [0.5, 0.6) is 0 Å². The molecule has 0 bridgehead atoms. The molecule has 0 aliphatic rings. The third kappa shape index (κ3) is 4.40. The average molecular weight is 488 g/mol. The summed E-state index contributed by atoms with van der Waals surface area (Å²) in [6.45, 7) is 1.94. The van der Waals surface area contributed by atoms with E-state index in [0.717, 1.165) is 5.69 Å². The first kappa shape index (κ1) is 20.7. The van der Waals surface area contributed by atoms with Crippen LogP contribution in [-0.2, 0) is 28.5 Å². The third-order valence-corrected chi connectivity index (χ3v) is 3.37. The zero-order valence-corrected chi connectivity index (χ0v) is 15.8. The van der Waals surface area contributed by atoms with Crippen molar-refractivity contribution in [2.24, 2.45) is 24.2 Å². The topological polar surface area (TPSA) is 70.1 Å². The van der Waals surface area contributed by atoms with Gasteiger partial charge in [0.1, 0.15) is 7.11 Å². The van der Waals surface area contributed by atoms with Crippen LogP contribution < -0.4 is 5.62 Å². The summed E-state index contributed by atoms with van der Waals surface area (Å²) < 4.78 is 8.46. The summed E-state index contributed by atoms with van der Waals surface area (Å²) in [7, 11) is 6.43. The van der Waals surface area contributed by atoms with E-state index in [1.54, 1.807) is 22.8 Å². The fourth-order valence-corrected chi connectivity index (χ4v) is 2.16. The van der Waals surface area contributed by atoms with Crippen molar-refractivity contribution < 1.29 is 61.3 Å². The van der Waals surface area contributed by atoms with Gasteiger partial charge in [-0.1, -0.05) is 29.0 Å². The van der Waals surface area contributed by atoms with Crippen LogP contribution in [0.1, 0.15) is 11.3 Å². The second-order valence-electron chi connectivity index (χ2n) is 4.86. The third-order valence-electron chi connectivity index (χ3n) is 3.37. The van der Waals surface area contributed by atoms with Gasteiger partial charge in [-0.3, -0.25) is 0 Å². The molecule has 0 unspecified atom stereocenters. The van der Waals surface area contributed by atoms with Gasteiger partial charge < -0.3 is 23.7 Å². The van der Waals surface area contributed by atoms with Gasteiger partial charge in [-0.15, -0.1) is 6.20 Å². The Morgan fingerprint density at radius 2 is 1.88 bits per heavy atom. The maximum Gasteiger partial charge on any atom is 0.360 e. The van der Waals surface area contributed by atoms with Crippen molar-refractivity contribution in [1.29, 1.82) is 0 Å². The molecule has 0 aliphatic heterocycles. The molecular weight excluding hydrogens is 469 g/mol. The number of carbonyl (C=O) groups is 1. The summed E-state index contributed by atoms with van der Waals surface area (Å²) >= 11 is 0. The van der Waals surface area contributed by atoms with Crippen molar-refractivity contribution in [3.63, 3.8) is 0 Å². The van der Waals surface area contributed by atoms with Crippen LogP contribution in [0.4, 0.5) is 5.69 Å². The van der Waals surface area contributed by atoms with Crippen LogP contribution in [0, 0.1) is 60.0 Å². The summed E-state index contributed by atoms with van der Waals surface area (Å²) in [6, 6.07) is 7.17. The van der Waals surface area contributed by atoms with E-state index >= 15 is 0 Å². The SMILES string of the molecule is CON=C(C(=O)OC)c1ccccc1N=c1n(C)[c-]c(C)n1C.[Yb]. The van der Waals surface area contributed by atoms with E-state index in [4.69, 9.17) is 9.57 Å². The molecule has 0 N–H and O–H groups in total. The molecule has 0 saturated carbocycles. The first-order valence-corrected chi connectivity index (χ1v) is 6.94. The molecule has 8 heteroatoms. The Morgan fingerprint density at radius 1 is 1.21 bits per heavy atom. The Balaban J connectivity index is 0.00000288. The number of benzene rings is 1. The predicted octanol–water partition coefficient (Wildman–Crippen LogP) is 1.23. The molecule has 7 nitrogen and oxygen atoms in total. The summed E-state index contributed by atoms with van der Waals surface area (Å²) in [5.41, 5.74) is 2.81. The minimum absolute atomic E-state index is 0. The summed E-state index contributed by atoms with van der Waals surface area (Å²) in [5, 5.41) is 3.78. The number of oxime groups is 1. The largest absolute Gasteiger partial charge is 0.483 e. The molecule has 24 heavy (non-hydrogen) atoms. The number of hydrogen-bond acceptors (Lipinski definition) is 5. The van der Waals surface area contributed by atoms with Gasteiger partial charge in [0.05, 0.1) is 18.4 Å². The van der Waals surface area contributed by atoms with Gasteiger partial charge in [-0.25, -0.2) is 4.79 Å². The van der Waals surface area contributed by atoms with Crippen LogP contribution in [-0.4, -0.2) is 35.0 Å². The van der Waals surface area contributed by atoms with Crippen LogP contribution in [0.2, 0.25) is 0 Å². The predicted molar refractivity (Wildman–Crippen MR) is 85.2 cm³/mol. The van der Waals surface area contributed by atoms with E-state index in [2.05, 4.69) is 16.3 Å². The standard InChI is InChI=1S/C16H19N4O3.Yb/c1-11-10-19(2)16(20(11)3)17-13-9-7-6-8-12(13)14(18-23-5)15(21)22-4;/h6-9H,1-5H3;/q-1;. The second-order valence-corrected chi connectivity index (χ2v) is 4.86. The monoisotopic (exact) mass is 489 g/mol. The van der Waals surface area contributed by atoms with Crippen molar-refractivity contribution in [1.82, 2.24) is 9.13 Å². The number of aryl methyl sites for hydroxylation is 2. The molecule has 0 aliphatic carbocycles. The molecule has 1 aromatic heterocycles. The van der Waals surface area contributed by atoms with Crippen molar-refractivity contribution in [2.75, 3.05) is 14.2 Å². The fourth-order valence-electron chi connectivity index (χ4n) is 2.16. The van der Waals surface area contributed by atoms with Crippen molar-refractivity contribution in [3.05, 3.63) is 47.3 Å². The summed E-state index contributed by atoms with van der Waals surface area (Å²) in [4.78, 5) is 21.4. The van der Waals surface area contributed by atoms with Gasteiger partial charge in [-0.05, 0) is 27.1 Å². The number of carbonyl (C=O) groups excluding carboxylic acids is 1. The Hall–Kier alpha value is -1.31. The minimum Gasteiger partial charge on any atom is -0.483 e. The van der Waals surface area contributed by atoms with Crippen LogP contribution in [0.25, 0.3) is 0 Å². The molecule has 0 saturated heterocycles. The molecular formula is C16H19N4O3Yb-. The first-order chi connectivity index (χ1) is 11.0. The fraction of sp³-hybridized carbons (Fsp3) is 0.312. The zero-order chi connectivity index (χ0) is 17.0. The quantitative estimate of drug-likeness (QED) is 0.282. The number of esters is 1. The van der Waals surface area contributed by atoms with Crippen molar-refractivity contribution >= 4 is 17.4 Å². The van der Waals surface area contributed by atoms with E-state index < -0.39 is 5.97 Å². The van der Waals surface area contributed by atoms with Crippen LogP contribution in [0.3, 0.4) is 0 Å². The number of ether oxygens (including phenoxy) is 1. The minimum atomic E-state index is -0.589. The number of para-hydroxylation sites is 1. The Morgan fingerprint density at radius 3 is 2.42 bits per heavy atom. The summed E-state index contributed by atoms with van der Waals surface area (Å²) in [5.74, 6) is -0.589. The van der Waals surface area contributed by atoms with E-state index in [1.807, 2.05) is 31.7 Å². The van der Waals surface area contributed by atoms with E-state index in [9.17, 15) is 4.79 Å². The number of imidazole rings is 1. The van der Waals surface area contributed by atoms with Crippen molar-refractivity contribution in [3.8, 4) is 0 Å². The van der Waals surface area contributed by atoms with Gasteiger partial charge >= 0.3 is 5.97 Å². The Labute approximate surface area is 179 Å². The molecule has 2 rings (SSSR count). The number of rotatable bonds is 4. The van der Waals surface area contributed by atoms with E-state index in [-0.39, 0.29) is 52.6 Å². The molecule has 136 valence electrons. The van der Waals surface area contributed by atoms with Crippen LogP contribution >= 0.6 is 0 Å². The van der Waals surface area contributed by atoms with E-state index in [0.29, 0.717) is 16.9 Å². The number of nitrogens with zero attached hydrogens (tertiary/aromatic N) is 4. The maximum atomic E-state index is 12.0.